The van der Waals surface area contributed by atoms with Crippen molar-refractivity contribution in [3.8, 4) is 0 Å². The lowest BCUT2D eigenvalue weighted by atomic mass is 9.75. The number of hydrogen-bond acceptors (Lipinski definition) is 8. The Balaban J connectivity index is 2.17. The van der Waals surface area contributed by atoms with Gasteiger partial charge in [0.05, 0.1) is 5.56 Å². The Bertz CT molecular complexity index is 1150. The van der Waals surface area contributed by atoms with E-state index in [1.54, 1.807) is 69.3 Å². The largest absolute Gasteiger partial charge is 0.459 e. The van der Waals surface area contributed by atoms with E-state index >= 15 is 0 Å². The molecule has 0 radical (unpaired) electrons. The first-order valence-corrected chi connectivity index (χ1v) is 13.4. The molecule has 1 saturated carbocycles. The van der Waals surface area contributed by atoms with E-state index < -0.39 is 59.1 Å². The van der Waals surface area contributed by atoms with Crippen LogP contribution in [0.15, 0.2) is 54.1 Å². The lowest BCUT2D eigenvalue weighted by Gasteiger charge is -2.40. The van der Waals surface area contributed by atoms with Gasteiger partial charge in [-0.1, -0.05) is 50.3 Å². The van der Waals surface area contributed by atoms with Crippen molar-refractivity contribution in [2.24, 2.45) is 23.2 Å². The van der Waals surface area contributed by atoms with Gasteiger partial charge in [0.25, 0.3) is 0 Å². The van der Waals surface area contributed by atoms with Gasteiger partial charge in [-0.3, -0.25) is 14.4 Å². The maximum Gasteiger partial charge on any atom is 0.338 e. The number of ether oxygens (including phenoxy) is 3. The molecule has 2 aliphatic rings. The van der Waals surface area contributed by atoms with E-state index in [-0.39, 0.29) is 24.5 Å². The molecule has 0 heterocycles. The highest BCUT2D eigenvalue weighted by atomic mass is 16.6. The first-order valence-electron chi connectivity index (χ1n) is 13.4. The average Bonchev–Trinajstić information content (AvgIpc) is 3.09. The monoisotopic (exact) mass is 540 g/mol. The van der Waals surface area contributed by atoms with Gasteiger partial charge in [-0.05, 0) is 50.8 Å². The van der Waals surface area contributed by atoms with Crippen molar-refractivity contribution in [3.05, 3.63) is 59.7 Å². The van der Waals surface area contributed by atoms with Gasteiger partial charge < -0.3 is 19.3 Å². The van der Waals surface area contributed by atoms with Crippen LogP contribution in [0.4, 0.5) is 0 Å². The van der Waals surface area contributed by atoms with Gasteiger partial charge in [0.1, 0.15) is 29.7 Å². The molecule has 0 aliphatic heterocycles. The third kappa shape index (κ3) is 6.85. The number of carbonyl (C=O) groups is 4. The van der Waals surface area contributed by atoms with Crippen molar-refractivity contribution in [1.82, 2.24) is 0 Å². The highest BCUT2D eigenvalue weighted by Gasteiger charge is 2.58. The molecule has 2 aliphatic carbocycles. The zero-order valence-corrected chi connectivity index (χ0v) is 23.8. The van der Waals surface area contributed by atoms with Gasteiger partial charge >= 0.3 is 17.9 Å². The average molecular weight is 541 g/mol. The molecule has 212 valence electrons. The summed E-state index contributed by atoms with van der Waals surface area (Å²) >= 11 is 0. The van der Waals surface area contributed by atoms with Crippen molar-refractivity contribution < 1.29 is 38.5 Å². The number of aliphatic hydroxyl groups is 1. The minimum Gasteiger partial charge on any atom is -0.459 e. The van der Waals surface area contributed by atoms with Crippen LogP contribution in [0.25, 0.3) is 0 Å². The van der Waals surface area contributed by atoms with E-state index in [9.17, 15) is 24.3 Å². The molecular formula is C31H40O8. The Morgan fingerprint density at radius 2 is 1.59 bits per heavy atom. The first-order chi connectivity index (χ1) is 18.2. The summed E-state index contributed by atoms with van der Waals surface area (Å²) < 4.78 is 17.3. The van der Waals surface area contributed by atoms with E-state index in [1.165, 1.54) is 13.8 Å². The molecule has 1 aromatic carbocycles. The molecule has 39 heavy (non-hydrogen) atoms. The second-order valence-electron chi connectivity index (χ2n) is 11.5. The number of carbonyl (C=O) groups excluding carboxylic acids is 4. The number of fused-ring (bicyclic) bond motifs is 1. The van der Waals surface area contributed by atoms with E-state index in [4.69, 9.17) is 14.2 Å². The predicted octanol–water partition coefficient (Wildman–Crippen LogP) is 4.60. The Morgan fingerprint density at radius 1 is 0.974 bits per heavy atom. The number of benzene rings is 1. The number of hydrogen-bond donors (Lipinski definition) is 1. The minimum atomic E-state index is -1.62. The normalized spacial score (nSPS) is 32.6. The van der Waals surface area contributed by atoms with E-state index in [0.29, 0.717) is 11.1 Å². The molecule has 0 bridgehead atoms. The third-order valence-corrected chi connectivity index (χ3v) is 7.82. The molecule has 0 amide bonds. The van der Waals surface area contributed by atoms with Crippen LogP contribution in [0, 0.1) is 23.2 Å². The predicted molar refractivity (Wildman–Crippen MR) is 144 cm³/mol. The fourth-order valence-electron chi connectivity index (χ4n) is 5.65. The van der Waals surface area contributed by atoms with Crippen LogP contribution in [-0.2, 0) is 28.6 Å². The Hall–Kier alpha value is -3.26. The molecule has 7 atom stereocenters. The zero-order chi connectivity index (χ0) is 29.1. The molecular weight excluding hydrogens is 500 g/mol. The van der Waals surface area contributed by atoms with Crippen LogP contribution in [0.3, 0.4) is 0 Å². The number of allylic oxidation sites excluding steroid dienone is 1. The van der Waals surface area contributed by atoms with Crippen molar-refractivity contribution in [2.75, 3.05) is 0 Å². The van der Waals surface area contributed by atoms with Crippen LogP contribution < -0.4 is 0 Å². The summed E-state index contributed by atoms with van der Waals surface area (Å²) in [5, 5.41) is 12.3. The fourth-order valence-corrected chi connectivity index (χ4v) is 5.65. The van der Waals surface area contributed by atoms with Gasteiger partial charge in [0, 0.05) is 37.5 Å². The van der Waals surface area contributed by atoms with E-state index in [1.807, 2.05) is 13.8 Å². The van der Waals surface area contributed by atoms with Crippen LogP contribution >= 0.6 is 0 Å². The Labute approximate surface area is 230 Å². The number of rotatable bonds is 4. The second kappa shape index (κ2) is 11.9. The summed E-state index contributed by atoms with van der Waals surface area (Å²) in [5.41, 5.74) is -1.61. The molecule has 8 heteroatoms. The third-order valence-electron chi connectivity index (χ3n) is 7.82. The van der Waals surface area contributed by atoms with E-state index in [0.717, 1.165) is 0 Å². The van der Waals surface area contributed by atoms with Crippen molar-refractivity contribution >= 4 is 23.7 Å². The van der Waals surface area contributed by atoms with Gasteiger partial charge in [-0.25, -0.2) is 4.79 Å². The second-order valence-corrected chi connectivity index (χ2v) is 11.5. The van der Waals surface area contributed by atoms with Crippen molar-refractivity contribution in [1.29, 1.82) is 0 Å². The van der Waals surface area contributed by atoms with Gasteiger partial charge in [-0.15, -0.1) is 0 Å². The molecule has 0 saturated heterocycles. The molecule has 1 fully saturated rings. The smallest absolute Gasteiger partial charge is 0.338 e. The molecule has 0 spiro atoms. The zero-order valence-electron chi connectivity index (χ0n) is 23.8. The van der Waals surface area contributed by atoms with Crippen LogP contribution in [-0.4, -0.2) is 52.7 Å². The van der Waals surface area contributed by atoms with Crippen LogP contribution in [0.5, 0.6) is 0 Å². The maximum atomic E-state index is 13.3. The molecule has 0 unspecified atom stereocenters. The molecule has 8 nitrogen and oxygen atoms in total. The quantitative estimate of drug-likeness (QED) is 0.335. The lowest BCUT2D eigenvalue weighted by Crippen LogP contribution is -2.52. The lowest BCUT2D eigenvalue weighted by molar-refractivity contribution is -0.173. The molecule has 1 aromatic rings. The van der Waals surface area contributed by atoms with Gasteiger partial charge in [-0.2, -0.15) is 0 Å². The molecule has 1 N–H and O–H groups in total. The van der Waals surface area contributed by atoms with Crippen molar-refractivity contribution in [3.63, 3.8) is 0 Å². The topological polar surface area (TPSA) is 116 Å². The maximum absolute atomic E-state index is 13.3. The first kappa shape index (κ1) is 30.3. The Kier molecular flexibility index (Phi) is 9.21. The number of ketones is 1. The standard InChI is InChI=1S/C31H40O8/c1-18-13-14-30(6,7)26(34)16-25(37-21(4)32)19(2)15-24-27(39-29(35)23-11-9-8-10-12-23)20(3)17-31(24,36)28(18)38-22(5)33/h8-15,18,20,24-25,27-28,36H,16-17H2,1-7H3/t18-,20-,24+,25-,27+,28-,31-/m1/s1. The van der Waals surface area contributed by atoms with Gasteiger partial charge in [0.15, 0.2) is 0 Å². The highest BCUT2D eigenvalue weighted by molar-refractivity contribution is 5.89. The SMILES string of the molecule is CC(=O)O[C@@H]1[C@H](C)C=CC(C)(C)C(=O)C[C@@H](OC(C)=O)C(C)=C[C@H]2[C@@H](OC(=O)c3ccccc3)[C@H](C)C[C@]12O. The van der Waals surface area contributed by atoms with Crippen molar-refractivity contribution in [2.45, 2.75) is 85.2 Å². The minimum absolute atomic E-state index is 0.0593. The summed E-state index contributed by atoms with van der Waals surface area (Å²) in [6.45, 7) is 11.5. The van der Waals surface area contributed by atoms with Crippen LogP contribution in [0.2, 0.25) is 0 Å². The summed E-state index contributed by atoms with van der Waals surface area (Å²) in [7, 11) is 0. The Morgan fingerprint density at radius 3 is 2.18 bits per heavy atom. The van der Waals surface area contributed by atoms with Gasteiger partial charge in [0.2, 0.25) is 0 Å². The summed E-state index contributed by atoms with van der Waals surface area (Å²) in [6.07, 6.45) is 2.70. The number of esters is 3. The number of Topliss-reactive ketones (excluding diaryl/α,β-unsaturated/α-hetero) is 1. The highest BCUT2D eigenvalue weighted by Crippen LogP contribution is 2.48. The van der Waals surface area contributed by atoms with Crippen LogP contribution in [0.1, 0.15) is 71.7 Å². The molecule has 0 aromatic heterocycles. The van der Waals surface area contributed by atoms with E-state index in [2.05, 4.69) is 0 Å². The summed E-state index contributed by atoms with van der Waals surface area (Å²) in [6, 6.07) is 8.56. The molecule has 3 rings (SSSR count). The summed E-state index contributed by atoms with van der Waals surface area (Å²) in [5.74, 6) is -3.39. The summed E-state index contributed by atoms with van der Waals surface area (Å²) in [4.78, 5) is 50.6. The fraction of sp³-hybridized carbons (Fsp3) is 0.548.